The van der Waals surface area contributed by atoms with Gasteiger partial charge < -0.3 is 5.32 Å². The van der Waals surface area contributed by atoms with Crippen molar-refractivity contribution in [3.63, 3.8) is 0 Å². The molecule has 2 aliphatic rings. The van der Waals surface area contributed by atoms with Gasteiger partial charge in [-0.15, -0.1) is 0 Å². The first kappa shape index (κ1) is 13.2. The third kappa shape index (κ3) is 2.86. The third-order valence-corrected chi connectivity index (χ3v) is 5.39. The fourth-order valence-corrected chi connectivity index (χ4v) is 4.38. The Balaban J connectivity index is 1.59. The van der Waals surface area contributed by atoms with Crippen LogP contribution in [0, 0.1) is 24.7 Å². The van der Waals surface area contributed by atoms with E-state index in [9.17, 15) is 4.79 Å². The van der Waals surface area contributed by atoms with Crippen molar-refractivity contribution >= 4 is 27.5 Å². The molecule has 3 rings (SSSR count). The molecule has 19 heavy (non-hydrogen) atoms. The maximum atomic E-state index is 12.1. The van der Waals surface area contributed by atoms with E-state index in [1.807, 2.05) is 25.1 Å². The maximum absolute atomic E-state index is 12.1. The van der Waals surface area contributed by atoms with E-state index in [2.05, 4.69) is 21.2 Å². The average molecular weight is 322 g/mol. The van der Waals surface area contributed by atoms with Crippen LogP contribution in [0.15, 0.2) is 22.7 Å². The number of benzene rings is 1. The topological polar surface area (TPSA) is 29.1 Å². The van der Waals surface area contributed by atoms with E-state index in [0.717, 1.165) is 22.0 Å². The molecule has 0 unspecified atom stereocenters. The van der Waals surface area contributed by atoms with Gasteiger partial charge in [-0.25, -0.2) is 0 Å². The smallest absolute Gasteiger partial charge is 0.224 e. The highest BCUT2D eigenvalue weighted by atomic mass is 79.9. The first-order chi connectivity index (χ1) is 9.11. The fourth-order valence-electron chi connectivity index (χ4n) is 3.79. The van der Waals surface area contributed by atoms with Crippen LogP contribution in [-0.2, 0) is 4.79 Å². The number of amides is 1. The zero-order valence-corrected chi connectivity index (χ0v) is 12.9. The quantitative estimate of drug-likeness (QED) is 0.871. The summed E-state index contributed by atoms with van der Waals surface area (Å²) in [4.78, 5) is 12.1. The Hall–Kier alpha value is -0.830. The number of hydrogen-bond acceptors (Lipinski definition) is 1. The molecule has 2 saturated carbocycles. The van der Waals surface area contributed by atoms with Crippen molar-refractivity contribution in [2.75, 3.05) is 5.32 Å². The number of rotatable bonds is 3. The van der Waals surface area contributed by atoms with Gasteiger partial charge in [0.25, 0.3) is 0 Å². The van der Waals surface area contributed by atoms with Gasteiger partial charge in [-0.2, -0.15) is 0 Å². The minimum Gasteiger partial charge on any atom is -0.325 e. The predicted molar refractivity (Wildman–Crippen MR) is 81.1 cm³/mol. The summed E-state index contributed by atoms with van der Waals surface area (Å²) in [6.45, 7) is 2.05. The molecular formula is C16H20BrNO. The van der Waals surface area contributed by atoms with Crippen molar-refractivity contribution in [3.05, 3.63) is 28.2 Å². The van der Waals surface area contributed by atoms with E-state index in [4.69, 9.17) is 0 Å². The van der Waals surface area contributed by atoms with Crippen molar-refractivity contribution in [2.24, 2.45) is 17.8 Å². The molecule has 0 aromatic heterocycles. The minimum atomic E-state index is 0.169. The Kier molecular flexibility index (Phi) is 3.66. The summed E-state index contributed by atoms with van der Waals surface area (Å²) in [7, 11) is 0. The van der Waals surface area contributed by atoms with Crippen molar-refractivity contribution in [2.45, 2.75) is 39.0 Å². The van der Waals surface area contributed by atoms with E-state index < -0.39 is 0 Å². The summed E-state index contributed by atoms with van der Waals surface area (Å²) in [6.07, 6.45) is 6.07. The van der Waals surface area contributed by atoms with Crippen LogP contribution in [0.4, 0.5) is 5.69 Å². The number of anilines is 1. The lowest BCUT2D eigenvalue weighted by molar-refractivity contribution is -0.117. The summed E-state index contributed by atoms with van der Waals surface area (Å²) in [5, 5.41) is 3.04. The van der Waals surface area contributed by atoms with Gasteiger partial charge >= 0.3 is 0 Å². The Bertz CT molecular complexity index is 500. The number of hydrogen-bond donors (Lipinski definition) is 1. The fraction of sp³-hybridized carbons (Fsp3) is 0.562. The van der Waals surface area contributed by atoms with Gasteiger partial charge in [0, 0.05) is 10.9 Å². The minimum absolute atomic E-state index is 0.169. The zero-order chi connectivity index (χ0) is 13.4. The summed E-state index contributed by atoms with van der Waals surface area (Å²) < 4.78 is 0.966. The standard InChI is InChI=1S/C16H20BrNO/c1-10-2-5-15(14(17)6-10)18-16(19)9-13-8-11-3-4-12(13)7-11/h2,5-6,11-13H,3-4,7-9H2,1H3,(H,18,19)/t11-,12+,13-/m0/s1. The second kappa shape index (κ2) is 5.28. The third-order valence-electron chi connectivity index (χ3n) is 4.73. The van der Waals surface area contributed by atoms with Crippen LogP contribution < -0.4 is 5.32 Å². The van der Waals surface area contributed by atoms with Crippen molar-refractivity contribution in [1.29, 1.82) is 0 Å². The number of carbonyl (C=O) groups is 1. The van der Waals surface area contributed by atoms with Crippen LogP contribution in [-0.4, -0.2) is 5.91 Å². The van der Waals surface area contributed by atoms with Gasteiger partial charge in [-0.05, 0) is 77.6 Å². The van der Waals surface area contributed by atoms with E-state index >= 15 is 0 Å². The first-order valence-electron chi connectivity index (χ1n) is 7.18. The Morgan fingerprint density at radius 1 is 1.37 bits per heavy atom. The van der Waals surface area contributed by atoms with Crippen LogP contribution in [0.1, 0.15) is 37.7 Å². The Morgan fingerprint density at radius 3 is 2.84 bits per heavy atom. The number of carbonyl (C=O) groups excluding carboxylic acids is 1. The van der Waals surface area contributed by atoms with Gasteiger partial charge in [-0.3, -0.25) is 4.79 Å². The molecule has 0 aliphatic heterocycles. The molecule has 2 aliphatic carbocycles. The van der Waals surface area contributed by atoms with Crippen molar-refractivity contribution < 1.29 is 4.79 Å². The molecule has 2 fully saturated rings. The Morgan fingerprint density at radius 2 is 2.21 bits per heavy atom. The molecule has 2 nitrogen and oxygen atoms in total. The molecule has 0 heterocycles. The maximum Gasteiger partial charge on any atom is 0.224 e. The number of aryl methyl sites for hydroxylation is 1. The molecule has 2 bridgehead atoms. The average Bonchev–Trinajstić information content (AvgIpc) is 2.95. The van der Waals surface area contributed by atoms with Crippen LogP contribution >= 0.6 is 15.9 Å². The zero-order valence-electron chi connectivity index (χ0n) is 11.3. The SMILES string of the molecule is Cc1ccc(NC(=O)C[C@@H]2C[C@H]3CC[C@@H]2C3)c(Br)c1. The second-order valence-electron chi connectivity index (χ2n) is 6.17. The highest BCUT2D eigenvalue weighted by Gasteiger charge is 2.40. The molecule has 102 valence electrons. The lowest BCUT2D eigenvalue weighted by Crippen LogP contribution is -2.20. The van der Waals surface area contributed by atoms with Gasteiger partial charge in [0.15, 0.2) is 0 Å². The summed E-state index contributed by atoms with van der Waals surface area (Å²) in [5.41, 5.74) is 2.08. The van der Waals surface area contributed by atoms with Crippen LogP contribution in [0.5, 0.6) is 0 Å². The predicted octanol–water partition coefficient (Wildman–Crippen LogP) is 4.52. The van der Waals surface area contributed by atoms with Crippen molar-refractivity contribution in [1.82, 2.24) is 0 Å². The second-order valence-corrected chi connectivity index (χ2v) is 7.02. The van der Waals surface area contributed by atoms with Gasteiger partial charge in [0.1, 0.15) is 0 Å². The van der Waals surface area contributed by atoms with Crippen LogP contribution in [0.3, 0.4) is 0 Å². The van der Waals surface area contributed by atoms with E-state index in [0.29, 0.717) is 12.3 Å². The molecule has 0 saturated heterocycles. The largest absolute Gasteiger partial charge is 0.325 e. The molecule has 1 aromatic rings. The molecule has 3 atom stereocenters. The number of nitrogens with one attached hydrogen (secondary N) is 1. The van der Waals surface area contributed by atoms with E-state index in [-0.39, 0.29) is 5.91 Å². The number of fused-ring (bicyclic) bond motifs is 2. The summed E-state index contributed by atoms with van der Waals surface area (Å²) >= 11 is 3.51. The molecule has 0 radical (unpaired) electrons. The van der Waals surface area contributed by atoms with Gasteiger partial charge in [0.2, 0.25) is 5.91 Å². The van der Waals surface area contributed by atoms with E-state index in [1.165, 1.54) is 31.2 Å². The molecule has 0 spiro atoms. The molecule has 1 amide bonds. The van der Waals surface area contributed by atoms with Gasteiger partial charge in [-0.1, -0.05) is 12.5 Å². The summed E-state index contributed by atoms with van der Waals surface area (Å²) in [6, 6.07) is 6.03. The molecule has 1 aromatic carbocycles. The van der Waals surface area contributed by atoms with Crippen molar-refractivity contribution in [3.8, 4) is 0 Å². The lowest BCUT2D eigenvalue weighted by atomic mass is 9.86. The molecular weight excluding hydrogens is 302 g/mol. The molecule has 1 N–H and O–H groups in total. The highest BCUT2D eigenvalue weighted by molar-refractivity contribution is 9.10. The highest BCUT2D eigenvalue weighted by Crippen LogP contribution is 2.49. The molecule has 3 heteroatoms. The lowest BCUT2D eigenvalue weighted by Gasteiger charge is -2.21. The van der Waals surface area contributed by atoms with Crippen LogP contribution in [0.25, 0.3) is 0 Å². The first-order valence-corrected chi connectivity index (χ1v) is 7.97. The van der Waals surface area contributed by atoms with Crippen LogP contribution in [0.2, 0.25) is 0 Å². The number of halogens is 1. The van der Waals surface area contributed by atoms with Gasteiger partial charge in [0.05, 0.1) is 5.69 Å². The monoisotopic (exact) mass is 321 g/mol. The normalized spacial score (nSPS) is 28.6. The Labute approximate surface area is 123 Å². The summed E-state index contributed by atoms with van der Waals surface area (Å²) in [5.74, 6) is 2.52. The van der Waals surface area contributed by atoms with E-state index in [1.54, 1.807) is 0 Å².